The van der Waals surface area contributed by atoms with E-state index in [0.29, 0.717) is 31.4 Å². The van der Waals surface area contributed by atoms with Crippen molar-refractivity contribution in [2.24, 2.45) is 5.92 Å². The highest BCUT2D eigenvalue weighted by atomic mass is 16.5. The maximum absolute atomic E-state index is 12.9. The van der Waals surface area contributed by atoms with Crippen LogP contribution in [0.1, 0.15) is 55.2 Å². The van der Waals surface area contributed by atoms with Crippen molar-refractivity contribution in [3.8, 4) is 11.5 Å². The summed E-state index contributed by atoms with van der Waals surface area (Å²) in [5.41, 5.74) is 1.66. The van der Waals surface area contributed by atoms with E-state index in [1.807, 2.05) is 12.3 Å². The molecule has 5 atom stereocenters. The number of phenolic OH excluding ortho intramolecular Hbond substituents is 1. The van der Waals surface area contributed by atoms with Crippen LogP contribution < -0.4 is 10.1 Å². The first kappa shape index (κ1) is 20.8. The van der Waals surface area contributed by atoms with Gasteiger partial charge in [-0.15, -0.1) is 0 Å². The Bertz CT molecular complexity index is 1130. The molecule has 3 fully saturated rings. The Kier molecular flexibility index (Phi) is 4.40. The quantitative estimate of drug-likeness (QED) is 0.519. The van der Waals surface area contributed by atoms with E-state index < -0.39 is 11.0 Å². The molecule has 2 aliphatic heterocycles. The molecule has 1 aromatic heterocycles. The molecule has 5 aliphatic rings. The molecule has 2 bridgehead atoms. The maximum atomic E-state index is 12.9. The molecule has 7 rings (SSSR count). The second-order valence-corrected chi connectivity index (χ2v) is 11.1. The number of amides is 1. The van der Waals surface area contributed by atoms with E-state index >= 15 is 0 Å². The highest BCUT2D eigenvalue weighted by Crippen LogP contribution is 2.65. The van der Waals surface area contributed by atoms with Crippen LogP contribution in [0.5, 0.6) is 11.5 Å². The summed E-state index contributed by atoms with van der Waals surface area (Å²) in [6, 6.07) is 3.59. The number of piperidine rings is 1. The monoisotopic (exact) mass is 464 g/mol. The smallest absolute Gasteiger partial charge is 0.220 e. The minimum absolute atomic E-state index is 0.0180. The molecular formula is C26H32N4O4. The minimum Gasteiger partial charge on any atom is -0.504 e. The number of nitrogens with zero attached hydrogens (tertiary/aromatic N) is 2. The second kappa shape index (κ2) is 7.21. The van der Waals surface area contributed by atoms with Crippen molar-refractivity contribution >= 4 is 5.91 Å². The molecule has 0 radical (unpaired) electrons. The number of aliphatic hydroxyl groups is 1. The number of aromatic amines is 1. The number of hydrogen-bond acceptors (Lipinski definition) is 6. The van der Waals surface area contributed by atoms with Gasteiger partial charge in [0.15, 0.2) is 11.5 Å². The van der Waals surface area contributed by atoms with Crippen LogP contribution >= 0.6 is 0 Å². The number of carbonyl (C=O) groups excluding carboxylic acids is 1. The molecule has 1 aromatic carbocycles. The highest BCUT2D eigenvalue weighted by molar-refractivity contribution is 5.77. The molecule has 3 aliphatic carbocycles. The number of benzene rings is 1. The van der Waals surface area contributed by atoms with Crippen LogP contribution in [-0.4, -0.2) is 68.1 Å². The molecule has 4 N–H and O–H groups in total. The zero-order valence-corrected chi connectivity index (χ0v) is 19.3. The van der Waals surface area contributed by atoms with Gasteiger partial charge in [-0.2, -0.15) is 5.10 Å². The Labute approximate surface area is 198 Å². The summed E-state index contributed by atoms with van der Waals surface area (Å²) < 4.78 is 6.51. The molecule has 0 unspecified atom stereocenters. The average molecular weight is 465 g/mol. The van der Waals surface area contributed by atoms with E-state index in [4.69, 9.17) is 4.74 Å². The summed E-state index contributed by atoms with van der Waals surface area (Å²) in [5, 5.41) is 33.2. The third kappa shape index (κ3) is 2.78. The van der Waals surface area contributed by atoms with Gasteiger partial charge in [-0.05, 0) is 74.6 Å². The lowest BCUT2D eigenvalue weighted by Gasteiger charge is -2.64. The topological polar surface area (TPSA) is 111 Å². The van der Waals surface area contributed by atoms with Crippen LogP contribution in [-0.2, 0) is 23.1 Å². The van der Waals surface area contributed by atoms with Gasteiger partial charge >= 0.3 is 0 Å². The summed E-state index contributed by atoms with van der Waals surface area (Å²) in [5.74, 6) is 1.40. The largest absolute Gasteiger partial charge is 0.504 e. The standard InChI is InChI=1S/C26H32N4O4/c31-19-5-4-17-11-20-26(33)8-7-18(29-21(32)6-3-16-12-27-28-13-16)24-25(26,22(17)23(19)34-24)9-10-30(20)14-15-1-2-15/h4-5,12-13,15,18,20,24,31,33H,1-3,6-11,14H2,(H,27,28)(H,29,32)/t18-,20-,24+,25+,26-/m1/s1. The van der Waals surface area contributed by atoms with Crippen LogP contribution in [0.15, 0.2) is 24.5 Å². The number of aromatic nitrogens is 2. The van der Waals surface area contributed by atoms with Gasteiger partial charge < -0.3 is 20.3 Å². The second-order valence-electron chi connectivity index (χ2n) is 11.1. The number of ether oxygens (including phenoxy) is 1. The predicted octanol–water partition coefficient (Wildman–Crippen LogP) is 1.80. The van der Waals surface area contributed by atoms with Crippen LogP contribution in [0.2, 0.25) is 0 Å². The Morgan fingerprint density at radius 2 is 2.18 bits per heavy atom. The third-order valence-corrected chi connectivity index (χ3v) is 9.30. The van der Waals surface area contributed by atoms with Crippen molar-refractivity contribution in [1.29, 1.82) is 0 Å². The molecule has 180 valence electrons. The Hall–Kier alpha value is -2.58. The molecule has 34 heavy (non-hydrogen) atoms. The number of carbonyl (C=O) groups is 1. The Morgan fingerprint density at radius 1 is 1.29 bits per heavy atom. The molecule has 8 nitrogen and oxygen atoms in total. The van der Waals surface area contributed by atoms with E-state index in [0.717, 1.165) is 43.0 Å². The first-order valence-corrected chi connectivity index (χ1v) is 12.7. The summed E-state index contributed by atoms with van der Waals surface area (Å²) in [6.07, 6.45) is 9.61. The van der Waals surface area contributed by atoms with Gasteiger partial charge in [-0.3, -0.25) is 14.8 Å². The van der Waals surface area contributed by atoms with Crippen molar-refractivity contribution in [3.63, 3.8) is 0 Å². The summed E-state index contributed by atoms with van der Waals surface area (Å²) in [4.78, 5) is 15.4. The average Bonchev–Trinajstić information content (AvgIpc) is 3.33. The number of H-pyrrole nitrogens is 1. The zero-order chi connectivity index (χ0) is 23.1. The van der Waals surface area contributed by atoms with Crippen LogP contribution in [0, 0.1) is 5.92 Å². The number of phenols is 1. The number of hydrogen-bond donors (Lipinski definition) is 4. The van der Waals surface area contributed by atoms with Gasteiger partial charge in [-0.25, -0.2) is 0 Å². The van der Waals surface area contributed by atoms with Gasteiger partial charge in [0.1, 0.15) is 6.10 Å². The number of likely N-dealkylation sites (tertiary alicyclic amines) is 1. The SMILES string of the molecule is O=C(CCc1cn[nH]c1)N[C@@H]1CC[C@@]2(O)[C@H]3Cc4ccc(O)c5c4[C@@]2(CCN3CC2CC2)[C@H]1O5. The van der Waals surface area contributed by atoms with E-state index in [-0.39, 0.29) is 29.8 Å². The van der Waals surface area contributed by atoms with Crippen LogP contribution in [0.3, 0.4) is 0 Å². The molecule has 1 saturated heterocycles. The molecule has 3 heterocycles. The fraction of sp³-hybridized carbons (Fsp3) is 0.615. The van der Waals surface area contributed by atoms with Crippen molar-refractivity contribution in [1.82, 2.24) is 20.4 Å². The molecule has 8 heteroatoms. The van der Waals surface area contributed by atoms with Crippen LogP contribution in [0.4, 0.5) is 0 Å². The molecular weight excluding hydrogens is 432 g/mol. The van der Waals surface area contributed by atoms with Crippen LogP contribution in [0.25, 0.3) is 0 Å². The lowest BCUT2D eigenvalue weighted by molar-refractivity contribution is -0.192. The van der Waals surface area contributed by atoms with Crippen molar-refractivity contribution in [2.75, 3.05) is 13.1 Å². The van der Waals surface area contributed by atoms with Crippen molar-refractivity contribution in [2.45, 2.75) is 80.6 Å². The van der Waals surface area contributed by atoms with Crippen molar-refractivity contribution < 1.29 is 19.7 Å². The van der Waals surface area contributed by atoms with Gasteiger partial charge in [-0.1, -0.05) is 6.07 Å². The first-order valence-electron chi connectivity index (χ1n) is 12.7. The Balaban J connectivity index is 1.22. The van der Waals surface area contributed by atoms with E-state index in [1.165, 1.54) is 18.4 Å². The number of aryl methyl sites for hydroxylation is 1. The van der Waals surface area contributed by atoms with E-state index in [1.54, 1.807) is 12.3 Å². The summed E-state index contributed by atoms with van der Waals surface area (Å²) in [7, 11) is 0. The lowest BCUT2D eigenvalue weighted by atomic mass is 9.48. The maximum Gasteiger partial charge on any atom is 0.220 e. The number of nitrogens with one attached hydrogen (secondary N) is 2. The normalized spacial score (nSPS) is 35.5. The zero-order valence-electron chi connectivity index (χ0n) is 19.3. The lowest BCUT2D eigenvalue weighted by Crippen LogP contribution is -2.78. The fourth-order valence-corrected chi connectivity index (χ4v) is 7.58. The van der Waals surface area contributed by atoms with E-state index in [2.05, 4.69) is 20.4 Å². The van der Waals surface area contributed by atoms with Crippen molar-refractivity contribution in [3.05, 3.63) is 41.2 Å². The molecule has 1 spiro atoms. The molecule has 1 amide bonds. The van der Waals surface area contributed by atoms with Gasteiger partial charge in [0, 0.05) is 30.8 Å². The number of rotatable bonds is 6. The van der Waals surface area contributed by atoms with E-state index in [9.17, 15) is 15.0 Å². The Morgan fingerprint density at radius 3 is 2.97 bits per heavy atom. The van der Waals surface area contributed by atoms with Gasteiger partial charge in [0.05, 0.1) is 23.3 Å². The van der Waals surface area contributed by atoms with Gasteiger partial charge in [0.2, 0.25) is 5.91 Å². The molecule has 2 aromatic rings. The predicted molar refractivity (Wildman–Crippen MR) is 124 cm³/mol. The fourth-order valence-electron chi connectivity index (χ4n) is 7.58. The first-order chi connectivity index (χ1) is 16.5. The third-order valence-electron chi connectivity index (χ3n) is 9.30. The summed E-state index contributed by atoms with van der Waals surface area (Å²) >= 11 is 0. The van der Waals surface area contributed by atoms with Gasteiger partial charge in [0.25, 0.3) is 0 Å². The summed E-state index contributed by atoms with van der Waals surface area (Å²) in [6.45, 7) is 1.97. The highest BCUT2D eigenvalue weighted by Gasteiger charge is 2.73. The number of aromatic hydroxyl groups is 1. The molecule has 2 saturated carbocycles. The minimum atomic E-state index is -0.922.